The molecule has 0 bridgehead atoms. The number of aryl methyl sites for hydroxylation is 2. The van der Waals surface area contributed by atoms with E-state index < -0.39 is 0 Å². The van der Waals surface area contributed by atoms with E-state index in [0.29, 0.717) is 21.5 Å². The minimum absolute atomic E-state index is 0.0381. The summed E-state index contributed by atoms with van der Waals surface area (Å²) in [7, 11) is 3.15. The van der Waals surface area contributed by atoms with Crippen LogP contribution in [-0.2, 0) is 6.42 Å². The number of carbonyl (C=O) groups excluding carboxylic acids is 1. The Bertz CT molecular complexity index is 763. The van der Waals surface area contributed by atoms with Crippen LogP contribution in [0.25, 0.3) is 0 Å². The van der Waals surface area contributed by atoms with Gasteiger partial charge in [0.25, 0.3) is 5.91 Å². The van der Waals surface area contributed by atoms with E-state index in [2.05, 4.69) is 28.9 Å². The lowest BCUT2D eigenvalue weighted by Crippen LogP contribution is -2.35. The van der Waals surface area contributed by atoms with Gasteiger partial charge in [0, 0.05) is 17.8 Å². The van der Waals surface area contributed by atoms with Gasteiger partial charge in [0.05, 0.1) is 14.2 Å². The SMILES string of the molecule is COc1cc(C(=O)N2CCCc3cc(C)ccc32)cc(OC)c1Br. The number of benzene rings is 2. The minimum Gasteiger partial charge on any atom is -0.495 e. The van der Waals surface area contributed by atoms with E-state index in [1.807, 2.05) is 17.0 Å². The van der Waals surface area contributed by atoms with Gasteiger partial charge in [-0.05, 0) is 59.5 Å². The van der Waals surface area contributed by atoms with Crippen LogP contribution in [0.15, 0.2) is 34.8 Å². The summed E-state index contributed by atoms with van der Waals surface area (Å²) in [6.07, 6.45) is 1.97. The Labute approximate surface area is 150 Å². The fourth-order valence-corrected chi connectivity index (χ4v) is 3.64. The molecule has 0 saturated heterocycles. The smallest absolute Gasteiger partial charge is 0.258 e. The van der Waals surface area contributed by atoms with Crippen molar-refractivity contribution in [3.8, 4) is 11.5 Å². The Hall–Kier alpha value is -2.01. The standard InChI is InChI=1S/C19H20BrNO3/c1-12-6-7-15-13(9-12)5-4-8-21(15)19(22)14-10-16(23-2)18(20)17(11-14)24-3/h6-7,9-11H,4-5,8H2,1-3H3. The highest BCUT2D eigenvalue weighted by Gasteiger charge is 2.25. The van der Waals surface area contributed by atoms with Crippen molar-refractivity contribution in [1.29, 1.82) is 0 Å². The van der Waals surface area contributed by atoms with Crippen molar-refractivity contribution in [2.75, 3.05) is 25.7 Å². The first-order chi connectivity index (χ1) is 11.5. The van der Waals surface area contributed by atoms with Crippen LogP contribution in [0.3, 0.4) is 0 Å². The molecule has 0 atom stereocenters. The molecule has 0 aliphatic carbocycles. The topological polar surface area (TPSA) is 38.8 Å². The second-order valence-electron chi connectivity index (χ2n) is 5.89. The monoisotopic (exact) mass is 389 g/mol. The first kappa shape index (κ1) is 16.8. The van der Waals surface area contributed by atoms with Crippen molar-refractivity contribution in [2.24, 2.45) is 0 Å². The highest BCUT2D eigenvalue weighted by molar-refractivity contribution is 9.10. The van der Waals surface area contributed by atoms with Crippen molar-refractivity contribution in [3.63, 3.8) is 0 Å². The Morgan fingerprint density at radius 1 is 1.12 bits per heavy atom. The Morgan fingerprint density at radius 2 is 1.79 bits per heavy atom. The second kappa shape index (κ2) is 6.85. The van der Waals surface area contributed by atoms with E-state index in [1.54, 1.807) is 26.4 Å². The van der Waals surface area contributed by atoms with Gasteiger partial charge >= 0.3 is 0 Å². The quantitative estimate of drug-likeness (QED) is 0.782. The summed E-state index contributed by atoms with van der Waals surface area (Å²) in [6.45, 7) is 2.79. The Kier molecular flexibility index (Phi) is 4.81. The Balaban J connectivity index is 2.02. The fraction of sp³-hybridized carbons (Fsp3) is 0.316. The third-order valence-corrected chi connectivity index (χ3v) is 5.07. The average molecular weight is 390 g/mol. The number of ether oxygens (including phenoxy) is 2. The molecule has 126 valence electrons. The van der Waals surface area contributed by atoms with Crippen LogP contribution in [-0.4, -0.2) is 26.7 Å². The molecule has 0 N–H and O–H groups in total. The van der Waals surface area contributed by atoms with Gasteiger partial charge in [-0.2, -0.15) is 0 Å². The van der Waals surface area contributed by atoms with Gasteiger partial charge < -0.3 is 14.4 Å². The first-order valence-electron chi connectivity index (χ1n) is 7.88. The zero-order valence-corrected chi connectivity index (χ0v) is 15.6. The highest BCUT2D eigenvalue weighted by Crippen LogP contribution is 2.37. The third kappa shape index (κ3) is 3.00. The van der Waals surface area contributed by atoms with Gasteiger partial charge in [-0.3, -0.25) is 4.79 Å². The molecule has 1 aliphatic rings. The van der Waals surface area contributed by atoms with E-state index in [9.17, 15) is 4.79 Å². The lowest BCUT2D eigenvalue weighted by Gasteiger charge is -2.30. The van der Waals surface area contributed by atoms with Crippen molar-refractivity contribution < 1.29 is 14.3 Å². The lowest BCUT2D eigenvalue weighted by molar-refractivity contribution is 0.0984. The minimum atomic E-state index is -0.0381. The molecular formula is C19H20BrNO3. The molecule has 0 unspecified atom stereocenters. The maximum Gasteiger partial charge on any atom is 0.258 e. The molecule has 5 heteroatoms. The van der Waals surface area contributed by atoms with Crippen LogP contribution < -0.4 is 14.4 Å². The molecule has 3 rings (SSSR count). The van der Waals surface area contributed by atoms with Crippen LogP contribution in [0.4, 0.5) is 5.69 Å². The zero-order valence-electron chi connectivity index (χ0n) is 14.1. The predicted molar refractivity (Wildman–Crippen MR) is 98.4 cm³/mol. The molecule has 0 fully saturated rings. The summed E-state index contributed by atoms with van der Waals surface area (Å²) in [5.74, 6) is 1.13. The van der Waals surface area contributed by atoms with Crippen LogP contribution in [0.5, 0.6) is 11.5 Å². The van der Waals surface area contributed by atoms with Crippen molar-refractivity contribution in [1.82, 2.24) is 0 Å². The number of rotatable bonds is 3. The molecular weight excluding hydrogens is 370 g/mol. The van der Waals surface area contributed by atoms with Gasteiger partial charge in [0.1, 0.15) is 16.0 Å². The van der Waals surface area contributed by atoms with Crippen molar-refractivity contribution in [3.05, 3.63) is 51.5 Å². The molecule has 24 heavy (non-hydrogen) atoms. The van der Waals surface area contributed by atoms with Crippen LogP contribution in [0.1, 0.15) is 27.9 Å². The average Bonchev–Trinajstić information content (AvgIpc) is 2.60. The predicted octanol–water partition coefficient (Wildman–Crippen LogP) is 4.37. The summed E-state index contributed by atoms with van der Waals surface area (Å²) in [6, 6.07) is 9.74. The number of hydrogen-bond donors (Lipinski definition) is 0. The maximum atomic E-state index is 13.1. The molecule has 2 aromatic carbocycles. The zero-order chi connectivity index (χ0) is 17.3. The lowest BCUT2D eigenvalue weighted by atomic mass is 9.98. The normalized spacial score (nSPS) is 13.4. The van der Waals surface area contributed by atoms with E-state index in [-0.39, 0.29) is 5.91 Å². The van der Waals surface area contributed by atoms with Gasteiger partial charge in [-0.25, -0.2) is 0 Å². The number of fused-ring (bicyclic) bond motifs is 1. The van der Waals surface area contributed by atoms with E-state index in [0.717, 1.165) is 25.1 Å². The second-order valence-corrected chi connectivity index (χ2v) is 6.68. The summed E-state index contributed by atoms with van der Waals surface area (Å²) < 4.78 is 11.4. The van der Waals surface area contributed by atoms with Crippen LogP contribution in [0, 0.1) is 6.92 Å². The van der Waals surface area contributed by atoms with E-state index in [1.165, 1.54) is 11.1 Å². The van der Waals surface area contributed by atoms with E-state index in [4.69, 9.17) is 9.47 Å². The van der Waals surface area contributed by atoms with Gasteiger partial charge in [-0.15, -0.1) is 0 Å². The fourth-order valence-electron chi connectivity index (χ4n) is 3.09. The summed E-state index contributed by atoms with van der Waals surface area (Å²) in [4.78, 5) is 14.9. The molecule has 0 aromatic heterocycles. The number of anilines is 1. The molecule has 0 spiro atoms. The number of halogens is 1. The number of carbonyl (C=O) groups is 1. The molecule has 0 saturated carbocycles. The van der Waals surface area contributed by atoms with Crippen molar-refractivity contribution in [2.45, 2.75) is 19.8 Å². The summed E-state index contributed by atoms with van der Waals surface area (Å²) in [5.41, 5.74) is 4.00. The molecule has 1 heterocycles. The molecule has 1 amide bonds. The largest absolute Gasteiger partial charge is 0.495 e. The summed E-state index contributed by atoms with van der Waals surface area (Å²) in [5, 5.41) is 0. The number of hydrogen-bond acceptors (Lipinski definition) is 3. The van der Waals surface area contributed by atoms with Crippen LogP contribution >= 0.6 is 15.9 Å². The molecule has 2 aromatic rings. The highest BCUT2D eigenvalue weighted by atomic mass is 79.9. The Morgan fingerprint density at radius 3 is 2.42 bits per heavy atom. The number of amides is 1. The van der Waals surface area contributed by atoms with Gasteiger partial charge in [-0.1, -0.05) is 17.7 Å². The molecule has 4 nitrogen and oxygen atoms in total. The van der Waals surface area contributed by atoms with E-state index >= 15 is 0 Å². The van der Waals surface area contributed by atoms with Gasteiger partial charge in [0.2, 0.25) is 0 Å². The maximum absolute atomic E-state index is 13.1. The molecule has 1 aliphatic heterocycles. The van der Waals surface area contributed by atoms with Crippen LogP contribution in [0.2, 0.25) is 0 Å². The van der Waals surface area contributed by atoms with Gasteiger partial charge in [0.15, 0.2) is 0 Å². The molecule has 0 radical (unpaired) electrons. The number of methoxy groups -OCH3 is 2. The first-order valence-corrected chi connectivity index (χ1v) is 8.67. The third-order valence-electron chi connectivity index (χ3n) is 4.29. The number of nitrogens with zero attached hydrogens (tertiary/aromatic N) is 1. The van der Waals surface area contributed by atoms with Crippen molar-refractivity contribution >= 4 is 27.5 Å². The summed E-state index contributed by atoms with van der Waals surface area (Å²) >= 11 is 3.44.